The van der Waals surface area contributed by atoms with Gasteiger partial charge in [-0.05, 0) is 18.6 Å². The Morgan fingerprint density at radius 3 is 2.61 bits per heavy atom. The van der Waals surface area contributed by atoms with E-state index in [1.807, 2.05) is 0 Å². The van der Waals surface area contributed by atoms with Crippen molar-refractivity contribution >= 4 is 16.0 Å². The molecule has 2 rings (SSSR count). The molecule has 2 aromatic rings. The fourth-order valence-electron chi connectivity index (χ4n) is 1.48. The van der Waals surface area contributed by atoms with Crippen LogP contribution in [0.25, 0.3) is 11.4 Å². The Morgan fingerprint density at radius 2 is 2.00 bits per heavy atom. The summed E-state index contributed by atoms with van der Waals surface area (Å²) in [5.41, 5.74) is 6.26. The summed E-state index contributed by atoms with van der Waals surface area (Å²) < 4.78 is 24.5. The number of hydrogen-bond donors (Lipinski definition) is 1. The van der Waals surface area contributed by atoms with Crippen LogP contribution in [0.4, 0.5) is 5.95 Å². The van der Waals surface area contributed by atoms with Crippen molar-refractivity contribution < 1.29 is 8.42 Å². The van der Waals surface area contributed by atoms with E-state index in [4.69, 9.17) is 5.73 Å². The highest BCUT2D eigenvalue weighted by Gasteiger charge is 2.19. The molecule has 0 aliphatic heterocycles. The van der Waals surface area contributed by atoms with Crippen molar-refractivity contribution in [2.24, 2.45) is 0 Å². The molecular weight excluding hydrogens is 254 g/mol. The molecule has 0 aromatic carbocycles. The lowest BCUT2D eigenvalue weighted by molar-refractivity contribution is 0.580. The maximum atomic E-state index is 11.9. The topological polar surface area (TPSA) is 104 Å². The Labute approximate surface area is 105 Å². The molecule has 18 heavy (non-hydrogen) atoms. The van der Waals surface area contributed by atoms with Crippen LogP contribution in [0.1, 0.15) is 13.3 Å². The number of hydrogen-bond acceptors (Lipinski definition) is 6. The van der Waals surface area contributed by atoms with Crippen LogP contribution in [-0.2, 0) is 10.0 Å². The lowest BCUT2D eigenvalue weighted by atomic mass is 10.3. The van der Waals surface area contributed by atoms with E-state index in [9.17, 15) is 8.42 Å². The molecule has 2 heterocycles. The first-order valence-corrected chi connectivity index (χ1v) is 7.01. The highest BCUT2D eigenvalue weighted by molar-refractivity contribution is 7.89. The Bertz CT molecular complexity index is 636. The molecule has 0 radical (unpaired) electrons. The minimum atomic E-state index is -3.53. The zero-order chi connectivity index (χ0) is 13.2. The van der Waals surface area contributed by atoms with Gasteiger partial charge in [-0.2, -0.15) is 4.98 Å². The van der Waals surface area contributed by atoms with Crippen molar-refractivity contribution in [3.05, 3.63) is 24.5 Å². The van der Waals surface area contributed by atoms with Crippen LogP contribution in [0.3, 0.4) is 0 Å². The molecule has 0 unspecified atom stereocenters. The van der Waals surface area contributed by atoms with Crippen LogP contribution in [0, 0.1) is 0 Å². The fraction of sp³-hybridized carbons (Fsp3) is 0.300. The first-order valence-electron chi connectivity index (χ1n) is 5.41. The van der Waals surface area contributed by atoms with E-state index in [1.165, 1.54) is 0 Å². The normalized spacial score (nSPS) is 11.6. The van der Waals surface area contributed by atoms with Crippen molar-refractivity contribution in [3.8, 4) is 11.4 Å². The van der Waals surface area contributed by atoms with Gasteiger partial charge in [-0.1, -0.05) is 6.92 Å². The van der Waals surface area contributed by atoms with Crippen LogP contribution in [0.15, 0.2) is 24.5 Å². The summed E-state index contributed by atoms with van der Waals surface area (Å²) >= 11 is 0. The molecule has 96 valence electrons. The van der Waals surface area contributed by atoms with Crippen LogP contribution in [0.5, 0.6) is 0 Å². The van der Waals surface area contributed by atoms with E-state index in [0.29, 0.717) is 12.0 Å². The van der Waals surface area contributed by atoms with Crippen LogP contribution in [0.2, 0.25) is 0 Å². The molecule has 7 nitrogen and oxygen atoms in total. The van der Waals surface area contributed by atoms with E-state index in [-0.39, 0.29) is 17.5 Å². The molecule has 0 atom stereocenters. The molecule has 0 saturated carbocycles. The summed E-state index contributed by atoms with van der Waals surface area (Å²) in [5, 5.41) is 3.94. The number of nitrogen functional groups attached to an aromatic ring is 1. The van der Waals surface area contributed by atoms with Gasteiger partial charge in [0.15, 0.2) is 5.82 Å². The fourth-order valence-corrected chi connectivity index (χ4v) is 2.70. The lowest BCUT2D eigenvalue weighted by Gasteiger charge is -2.02. The predicted molar refractivity (Wildman–Crippen MR) is 67.1 cm³/mol. The molecule has 0 spiro atoms. The molecule has 0 bridgehead atoms. The number of nitrogens with zero attached hydrogens (tertiary/aromatic N) is 4. The quantitative estimate of drug-likeness (QED) is 0.865. The second-order valence-electron chi connectivity index (χ2n) is 3.69. The van der Waals surface area contributed by atoms with Gasteiger partial charge in [0.1, 0.15) is 0 Å². The first-order chi connectivity index (χ1) is 8.54. The number of rotatable bonds is 4. The highest BCUT2D eigenvalue weighted by atomic mass is 32.2. The smallest absolute Gasteiger partial charge is 0.257 e. The van der Waals surface area contributed by atoms with Crippen LogP contribution >= 0.6 is 0 Å². The van der Waals surface area contributed by atoms with Crippen molar-refractivity contribution in [2.45, 2.75) is 13.3 Å². The number of anilines is 1. The molecule has 0 fully saturated rings. The highest BCUT2D eigenvalue weighted by Crippen LogP contribution is 2.16. The first kappa shape index (κ1) is 12.5. The third-order valence-corrected chi connectivity index (χ3v) is 3.99. The predicted octanol–water partition coefficient (Wildman–Crippen LogP) is 0.510. The molecule has 0 amide bonds. The zero-order valence-corrected chi connectivity index (χ0v) is 10.6. The van der Waals surface area contributed by atoms with Crippen molar-refractivity contribution in [2.75, 3.05) is 11.5 Å². The monoisotopic (exact) mass is 267 g/mol. The minimum absolute atomic E-state index is 0.0175. The molecule has 0 aliphatic rings. The van der Waals surface area contributed by atoms with E-state index < -0.39 is 10.0 Å². The minimum Gasteiger partial charge on any atom is -0.367 e. The summed E-state index contributed by atoms with van der Waals surface area (Å²) in [6.45, 7) is 1.77. The van der Waals surface area contributed by atoms with Gasteiger partial charge in [-0.15, -0.1) is 9.19 Å². The second kappa shape index (κ2) is 4.73. The Balaban J connectivity index is 2.46. The maximum absolute atomic E-state index is 11.9. The van der Waals surface area contributed by atoms with Gasteiger partial charge < -0.3 is 5.73 Å². The van der Waals surface area contributed by atoms with E-state index in [2.05, 4.69) is 15.1 Å². The van der Waals surface area contributed by atoms with Gasteiger partial charge in [-0.3, -0.25) is 4.98 Å². The van der Waals surface area contributed by atoms with Crippen LogP contribution in [-0.4, -0.2) is 33.3 Å². The lowest BCUT2D eigenvalue weighted by Crippen LogP contribution is -2.19. The number of aromatic nitrogens is 4. The summed E-state index contributed by atoms with van der Waals surface area (Å²) in [4.78, 5) is 7.82. The number of nitrogens with two attached hydrogens (primary N) is 1. The standard InChI is InChI=1S/C10H13N5O2S/c1-2-7-18(16,17)15-10(11)13-9(14-15)8-3-5-12-6-4-8/h3-6H,2,7H2,1H3,(H2,11,13,14). The zero-order valence-electron chi connectivity index (χ0n) is 9.81. The maximum Gasteiger partial charge on any atom is 0.257 e. The van der Waals surface area contributed by atoms with Crippen molar-refractivity contribution in [3.63, 3.8) is 0 Å². The Morgan fingerprint density at radius 1 is 1.33 bits per heavy atom. The van der Waals surface area contributed by atoms with Crippen LogP contribution < -0.4 is 5.73 Å². The van der Waals surface area contributed by atoms with Crippen molar-refractivity contribution in [1.29, 1.82) is 0 Å². The van der Waals surface area contributed by atoms with E-state index in [0.717, 1.165) is 4.09 Å². The summed E-state index contributed by atoms with van der Waals surface area (Å²) in [5.74, 6) is 0.126. The van der Waals surface area contributed by atoms with Gasteiger partial charge in [0.25, 0.3) is 10.0 Å². The SMILES string of the molecule is CCCS(=O)(=O)n1nc(-c2ccncc2)nc1N. The second-order valence-corrected chi connectivity index (χ2v) is 5.61. The van der Waals surface area contributed by atoms with Crippen molar-refractivity contribution in [1.82, 2.24) is 19.2 Å². The summed E-state index contributed by atoms with van der Waals surface area (Å²) in [7, 11) is -3.53. The van der Waals surface area contributed by atoms with Gasteiger partial charge in [0.2, 0.25) is 5.95 Å². The third-order valence-electron chi connectivity index (χ3n) is 2.27. The Hall–Kier alpha value is -1.96. The van der Waals surface area contributed by atoms with E-state index >= 15 is 0 Å². The van der Waals surface area contributed by atoms with Gasteiger partial charge in [0, 0.05) is 18.0 Å². The third kappa shape index (κ3) is 2.33. The largest absolute Gasteiger partial charge is 0.367 e. The van der Waals surface area contributed by atoms with Gasteiger partial charge in [-0.25, -0.2) is 8.42 Å². The number of pyridine rings is 1. The molecule has 0 aliphatic carbocycles. The Kier molecular flexibility index (Phi) is 3.28. The average Bonchev–Trinajstić information content (AvgIpc) is 2.73. The molecular formula is C10H13N5O2S. The van der Waals surface area contributed by atoms with Gasteiger partial charge in [0.05, 0.1) is 5.75 Å². The summed E-state index contributed by atoms with van der Waals surface area (Å²) in [6.07, 6.45) is 3.64. The molecule has 2 N–H and O–H groups in total. The van der Waals surface area contributed by atoms with Gasteiger partial charge >= 0.3 is 0 Å². The molecule has 0 saturated heterocycles. The molecule has 8 heteroatoms. The average molecular weight is 267 g/mol. The summed E-state index contributed by atoms with van der Waals surface area (Å²) in [6, 6.07) is 3.37. The molecule has 2 aromatic heterocycles. The van der Waals surface area contributed by atoms with E-state index in [1.54, 1.807) is 31.5 Å².